The molecule has 0 aliphatic rings. The fourth-order valence-electron chi connectivity index (χ4n) is 2.30. The van der Waals surface area contributed by atoms with Crippen molar-refractivity contribution < 1.29 is 4.79 Å². The Balaban J connectivity index is 2.19. The van der Waals surface area contributed by atoms with Crippen LogP contribution < -0.4 is 10.2 Å². The third-order valence-electron chi connectivity index (χ3n) is 3.36. The lowest BCUT2D eigenvalue weighted by Crippen LogP contribution is -2.27. The van der Waals surface area contributed by atoms with Crippen LogP contribution >= 0.6 is 0 Å². The molecule has 0 aliphatic carbocycles. The van der Waals surface area contributed by atoms with E-state index in [0.29, 0.717) is 17.3 Å². The number of anilines is 3. The van der Waals surface area contributed by atoms with Gasteiger partial charge in [0.1, 0.15) is 0 Å². The lowest BCUT2D eigenvalue weighted by molar-refractivity contribution is 0.101. The smallest absolute Gasteiger partial charge is 0.247 e. The quantitative estimate of drug-likeness (QED) is 0.753. The number of hydrogen-bond donors (Lipinski definition) is 1. The first-order valence-electron chi connectivity index (χ1n) is 7.96. The zero-order valence-electron chi connectivity index (χ0n) is 13.9. The van der Waals surface area contributed by atoms with Gasteiger partial charge in [-0.15, -0.1) is 5.10 Å². The van der Waals surface area contributed by atoms with Crippen LogP contribution in [0.5, 0.6) is 0 Å². The number of nitrogens with zero attached hydrogens (tertiary/aromatic N) is 4. The van der Waals surface area contributed by atoms with Crippen LogP contribution in [0.4, 0.5) is 17.5 Å². The predicted molar refractivity (Wildman–Crippen MR) is 92.4 cm³/mol. The van der Waals surface area contributed by atoms with E-state index in [4.69, 9.17) is 0 Å². The molecule has 0 aliphatic heterocycles. The van der Waals surface area contributed by atoms with E-state index in [9.17, 15) is 4.79 Å². The molecule has 0 saturated heterocycles. The number of aromatic nitrogens is 3. The number of benzene rings is 1. The van der Waals surface area contributed by atoms with Gasteiger partial charge in [0.15, 0.2) is 11.6 Å². The second kappa shape index (κ2) is 8.22. The highest BCUT2D eigenvalue weighted by Crippen LogP contribution is 2.17. The first-order valence-corrected chi connectivity index (χ1v) is 7.96. The SMILES string of the molecule is CCCN(CCC)c1nncc(Nc2cccc(C(C)=O)c2)n1. The Bertz CT molecular complexity index is 653. The van der Waals surface area contributed by atoms with E-state index in [-0.39, 0.29) is 5.78 Å². The summed E-state index contributed by atoms with van der Waals surface area (Å²) < 4.78 is 0. The maximum atomic E-state index is 11.5. The molecule has 122 valence electrons. The number of Topliss-reactive ketones (excluding diaryl/α,β-unsaturated/α-hetero) is 1. The van der Waals surface area contributed by atoms with Crippen molar-refractivity contribution >= 4 is 23.2 Å². The van der Waals surface area contributed by atoms with Crippen molar-refractivity contribution in [1.82, 2.24) is 15.2 Å². The Morgan fingerprint density at radius 3 is 2.61 bits per heavy atom. The molecule has 2 rings (SSSR count). The van der Waals surface area contributed by atoms with Gasteiger partial charge in [0.25, 0.3) is 0 Å². The van der Waals surface area contributed by atoms with Crippen molar-refractivity contribution in [3.63, 3.8) is 0 Å². The van der Waals surface area contributed by atoms with Crippen LogP contribution in [0.1, 0.15) is 44.0 Å². The van der Waals surface area contributed by atoms with Crippen LogP contribution in [0, 0.1) is 0 Å². The van der Waals surface area contributed by atoms with Gasteiger partial charge >= 0.3 is 0 Å². The molecule has 1 aromatic carbocycles. The van der Waals surface area contributed by atoms with Crippen molar-refractivity contribution in [1.29, 1.82) is 0 Å². The van der Waals surface area contributed by atoms with Gasteiger partial charge < -0.3 is 10.2 Å². The average molecular weight is 313 g/mol. The summed E-state index contributed by atoms with van der Waals surface area (Å²) in [5.74, 6) is 1.28. The average Bonchev–Trinajstić information content (AvgIpc) is 2.55. The van der Waals surface area contributed by atoms with Crippen molar-refractivity contribution in [3.05, 3.63) is 36.0 Å². The molecule has 2 aromatic rings. The summed E-state index contributed by atoms with van der Waals surface area (Å²) in [5.41, 5.74) is 1.47. The minimum Gasteiger partial charge on any atom is -0.339 e. The summed E-state index contributed by atoms with van der Waals surface area (Å²) in [5, 5.41) is 11.4. The Kier molecular flexibility index (Phi) is 6.02. The van der Waals surface area contributed by atoms with Gasteiger partial charge in [0, 0.05) is 24.3 Å². The minimum absolute atomic E-state index is 0.0345. The highest BCUT2D eigenvalue weighted by atomic mass is 16.1. The largest absolute Gasteiger partial charge is 0.339 e. The van der Waals surface area contributed by atoms with E-state index in [2.05, 4.69) is 39.2 Å². The summed E-state index contributed by atoms with van der Waals surface area (Å²) in [6.07, 6.45) is 3.64. The first-order chi connectivity index (χ1) is 11.1. The Hall–Kier alpha value is -2.50. The van der Waals surface area contributed by atoms with Crippen LogP contribution in [0.15, 0.2) is 30.5 Å². The molecule has 1 N–H and O–H groups in total. The standard InChI is InChI=1S/C17H23N5O/c1-4-9-22(10-5-2)17-20-16(12-18-21-17)19-15-8-6-7-14(11-15)13(3)23/h6-8,11-12H,4-5,9-10H2,1-3H3,(H,19,20,21). The Morgan fingerprint density at radius 1 is 1.22 bits per heavy atom. The summed E-state index contributed by atoms with van der Waals surface area (Å²) in [6, 6.07) is 7.33. The molecule has 0 atom stereocenters. The Morgan fingerprint density at radius 2 is 1.96 bits per heavy atom. The Labute approximate surface area is 137 Å². The number of nitrogens with one attached hydrogen (secondary N) is 1. The maximum Gasteiger partial charge on any atom is 0.247 e. The summed E-state index contributed by atoms with van der Waals surface area (Å²) in [4.78, 5) is 18.1. The normalized spacial score (nSPS) is 10.4. The molecule has 0 fully saturated rings. The molecule has 0 amide bonds. The van der Waals surface area contributed by atoms with Crippen LogP contribution in [-0.4, -0.2) is 34.1 Å². The first kappa shape index (κ1) is 16.9. The second-order valence-electron chi connectivity index (χ2n) is 5.39. The van der Waals surface area contributed by atoms with Gasteiger partial charge in [0.05, 0.1) is 6.20 Å². The monoisotopic (exact) mass is 313 g/mol. The maximum absolute atomic E-state index is 11.5. The van der Waals surface area contributed by atoms with Gasteiger partial charge in [-0.1, -0.05) is 26.0 Å². The highest BCUT2D eigenvalue weighted by Gasteiger charge is 2.10. The molecule has 6 nitrogen and oxygen atoms in total. The number of rotatable bonds is 8. The van der Waals surface area contributed by atoms with E-state index >= 15 is 0 Å². The lowest BCUT2D eigenvalue weighted by Gasteiger charge is -2.21. The van der Waals surface area contributed by atoms with Gasteiger partial charge in [-0.2, -0.15) is 10.1 Å². The summed E-state index contributed by atoms with van der Waals surface area (Å²) in [6.45, 7) is 7.62. The van der Waals surface area contributed by atoms with Gasteiger partial charge in [0.2, 0.25) is 5.95 Å². The van der Waals surface area contributed by atoms with Crippen molar-refractivity contribution in [2.45, 2.75) is 33.6 Å². The molecule has 0 radical (unpaired) electrons. The number of carbonyl (C=O) groups excluding carboxylic acids is 1. The number of carbonyl (C=O) groups is 1. The fourth-order valence-corrected chi connectivity index (χ4v) is 2.30. The minimum atomic E-state index is 0.0345. The van der Waals surface area contributed by atoms with E-state index in [1.54, 1.807) is 25.3 Å². The summed E-state index contributed by atoms with van der Waals surface area (Å²) in [7, 11) is 0. The molecular formula is C17H23N5O. The molecule has 0 bridgehead atoms. The molecular weight excluding hydrogens is 290 g/mol. The second-order valence-corrected chi connectivity index (χ2v) is 5.39. The third kappa shape index (κ3) is 4.74. The molecule has 0 saturated carbocycles. The lowest BCUT2D eigenvalue weighted by atomic mass is 10.1. The van der Waals surface area contributed by atoms with E-state index in [0.717, 1.165) is 31.6 Å². The fraction of sp³-hybridized carbons (Fsp3) is 0.412. The van der Waals surface area contributed by atoms with Gasteiger partial charge in [-0.05, 0) is 31.9 Å². The van der Waals surface area contributed by atoms with E-state index in [1.165, 1.54) is 0 Å². The topological polar surface area (TPSA) is 71.0 Å². The predicted octanol–water partition coefficient (Wildman–Crippen LogP) is 3.44. The van der Waals surface area contributed by atoms with Crippen molar-refractivity contribution in [2.75, 3.05) is 23.3 Å². The van der Waals surface area contributed by atoms with E-state index < -0.39 is 0 Å². The van der Waals surface area contributed by atoms with Crippen LogP contribution in [0.2, 0.25) is 0 Å². The molecule has 0 spiro atoms. The van der Waals surface area contributed by atoms with Crippen LogP contribution in [-0.2, 0) is 0 Å². The zero-order chi connectivity index (χ0) is 16.7. The van der Waals surface area contributed by atoms with E-state index in [1.807, 2.05) is 12.1 Å². The number of hydrogen-bond acceptors (Lipinski definition) is 6. The molecule has 1 heterocycles. The van der Waals surface area contributed by atoms with Crippen molar-refractivity contribution in [3.8, 4) is 0 Å². The van der Waals surface area contributed by atoms with Crippen molar-refractivity contribution in [2.24, 2.45) is 0 Å². The zero-order valence-corrected chi connectivity index (χ0v) is 13.9. The summed E-state index contributed by atoms with van der Waals surface area (Å²) >= 11 is 0. The van der Waals surface area contributed by atoms with Crippen LogP contribution in [0.25, 0.3) is 0 Å². The van der Waals surface area contributed by atoms with Gasteiger partial charge in [-0.25, -0.2) is 0 Å². The molecule has 23 heavy (non-hydrogen) atoms. The third-order valence-corrected chi connectivity index (χ3v) is 3.36. The number of ketones is 1. The molecule has 0 unspecified atom stereocenters. The van der Waals surface area contributed by atoms with Gasteiger partial charge in [-0.3, -0.25) is 4.79 Å². The highest BCUT2D eigenvalue weighted by molar-refractivity contribution is 5.95. The molecule has 6 heteroatoms. The van der Waals surface area contributed by atoms with Crippen LogP contribution in [0.3, 0.4) is 0 Å². The molecule has 1 aromatic heterocycles.